The van der Waals surface area contributed by atoms with Crippen molar-refractivity contribution in [2.45, 2.75) is 17.4 Å². The molecular weight excluding hydrogens is 364 g/mol. The van der Waals surface area contributed by atoms with Gasteiger partial charge in [-0.3, -0.25) is 0 Å². The van der Waals surface area contributed by atoms with E-state index in [2.05, 4.69) is 20.4 Å². The van der Waals surface area contributed by atoms with Gasteiger partial charge in [0.15, 0.2) is 0 Å². The average molecular weight is 380 g/mol. The molecule has 7 nitrogen and oxygen atoms in total. The van der Waals surface area contributed by atoms with Crippen molar-refractivity contribution in [1.82, 2.24) is 20.4 Å². The van der Waals surface area contributed by atoms with Gasteiger partial charge in [-0.1, -0.05) is 48.2 Å². The zero-order chi connectivity index (χ0) is 18.5. The monoisotopic (exact) mass is 380 g/mol. The Morgan fingerprint density at radius 1 is 0.889 bits per heavy atom. The van der Waals surface area contributed by atoms with Crippen LogP contribution < -0.4 is 4.74 Å². The second-order valence-electron chi connectivity index (χ2n) is 5.65. The lowest BCUT2D eigenvalue weighted by molar-refractivity contribution is 0.414. The molecule has 2 heterocycles. The van der Waals surface area contributed by atoms with E-state index in [0.717, 1.165) is 16.9 Å². The number of thioether (sulfide) groups is 1. The molecule has 4 rings (SSSR count). The van der Waals surface area contributed by atoms with Crippen LogP contribution in [0.5, 0.6) is 5.75 Å². The van der Waals surface area contributed by atoms with Crippen molar-refractivity contribution < 1.29 is 13.6 Å². The molecule has 0 amide bonds. The molecule has 0 aliphatic rings. The fourth-order valence-corrected chi connectivity index (χ4v) is 3.06. The van der Waals surface area contributed by atoms with Crippen LogP contribution >= 0.6 is 11.8 Å². The van der Waals surface area contributed by atoms with Gasteiger partial charge < -0.3 is 13.6 Å². The standard InChI is InChI=1S/C19H16N4O3S/c1-24-15-9-5-8-14(11-15)18-22-21-17(25-18)12-27-19-23-20-16(26-19)10-13-6-3-2-4-7-13/h2-9,11H,10,12H2,1H3. The van der Waals surface area contributed by atoms with Crippen LogP contribution in [-0.2, 0) is 12.2 Å². The van der Waals surface area contributed by atoms with Crippen molar-refractivity contribution in [2.24, 2.45) is 0 Å². The van der Waals surface area contributed by atoms with E-state index in [9.17, 15) is 0 Å². The molecule has 27 heavy (non-hydrogen) atoms. The third-order valence-corrected chi connectivity index (χ3v) is 4.55. The Hall–Kier alpha value is -3.13. The summed E-state index contributed by atoms with van der Waals surface area (Å²) >= 11 is 1.36. The highest BCUT2D eigenvalue weighted by atomic mass is 32.2. The molecule has 0 unspecified atom stereocenters. The minimum absolute atomic E-state index is 0.444. The second-order valence-corrected chi connectivity index (χ2v) is 6.57. The van der Waals surface area contributed by atoms with Crippen LogP contribution in [0, 0.1) is 0 Å². The summed E-state index contributed by atoms with van der Waals surface area (Å²) in [6, 6.07) is 17.5. The zero-order valence-electron chi connectivity index (χ0n) is 14.5. The molecule has 0 saturated heterocycles. The van der Waals surface area contributed by atoms with Gasteiger partial charge >= 0.3 is 0 Å². The van der Waals surface area contributed by atoms with E-state index in [1.165, 1.54) is 11.8 Å². The molecule has 2 aromatic carbocycles. The highest BCUT2D eigenvalue weighted by Crippen LogP contribution is 2.26. The largest absolute Gasteiger partial charge is 0.497 e. The van der Waals surface area contributed by atoms with E-state index in [0.29, 0.717) is 35.1 Å². The van der Waals surface area contributed by atoms with E-state index >= 15 is 0 Å². The van der Waals surface area contributed by atoms with Crippen LogP contribution in [0.1, 0.15) is 17.3 Å². The summed E-state index contributed by atoms with van der Waals surface area (Å²) in [5, 5.41) is 16.8. The Labute approximate surface area is 159 Å². The van der Waals surface area contributed by atoms with Gasteiger partial charge in [-0.15, -0.1) is 20.4 Å². The van der Waals surface area contributed by atoms with Gasteiger partial charge in [0.25, 0.3) is 5.22 Å². The Kier molecular flexibility index (Phi) is 5.15. The molecular formula is C19H16N4O3S. The first-order chi connectivity index (χ1) is 13.3. The summed E-state index contributed by atoms with van der Waals surface area (Å²) in [5.74, 6) is 2.69. The second kappa shape index (κ2) is 8.05. The number of methoxy groups -OCH3 is 1. The third kappa shape index (κ3) is 4.35. The van der Waals surface area contributed by atoms with E-state index in [1.807, 2.05) is 54.6 Å². The van der Waals surface area contributed by atoms with Crippen LogP contribution in [0.25, 0.3) is 11.5 Å². The molecule has 0 radical (unpaired) electrons. The first-order valence-electron chi connectivity index (χ1n) is 8.26. The maximum Gasteiger partial charge on any atom is 0.277 e. The molecule has 0 atom stereocenters. The van der Waals surface area contributed by atoms with Gasteiger partial charge in [-0.2, -0.15) is 0 Å². The maximum absolute atomic E-state index is 5.70. The van der Waals surface area contributed by atoms with Crippen molar-refractivity contribution in [1.29, 1.82) is 0 Å². The van der Waals surface area contributed by atoms with Crippen LogP contribution in [0.4, 0.5) is 0 Å². The summed E-state index contributed by atoms with van der Waals surface area (Å²) < 4.78 is 16.6. The van der Waals surface area contributed by atoms with E-state index < -0.39 is 0 Å². The minimum atomic E-state index is 0.444. The van der Waals surface area contributed by atoms with Crippen molar-refractivity contribution in [3.63, 3.8) is 0 Å². The number of aromatic nitrogens is 4. The highest BCUT2D eigenvalue weighted by molar-refractivity contribution is 7.98. The number of rotatable bonds is 7. The summed E-state index contributed by atoms with van der Waals surface area (Å²) in [6.07, 6.45) is 0.606. The van der Waals surface area contributed by atoms with Crippen LogP contribution in [0.15, 0.2) is 68.7 Å². The average Bonchev–Trinajstić information content (AvgIpc) is 3.37. The zero-order valence-corrected chi connectivity index (χ0v) is 15.3. The lowest BCUT2D eigenvalue weighted by Gasteiger charge is -2.00. The van der Waals surface area contributed by atoms with Crippen LogP contribution in [-0.4, -0.2) is 27.5 Å². The number of hydrogen-bond acceptors (Lipinski definition) is 8. The summed E-state index contributed by atoms with van der Waals surface area (Å²) in [4.78, 5) is 0. The fraction of sp³-hybridized carbons (Fsp3) is 0.158. The summed E-state index contributed by atoms with van der Waals surface area (Å²) in [5.41, 5.74) is 1.93. The van der Waals surface area contributed by atoms with Crippen LogP contribution in [0.2, 0.25) is 0 Å². The first-order valence-corrected chi connectivity index (χ1v) is 9.24. The molecule has 2 aromatic heterocycles. The number of hydrogen-bond donors (Lipinski definition) is 0. The van der Waals surface area contributed by atoms with Gasteiger partial charge in [0.2, 0.25) is 17.7 Å². The Balaban J connectivity index is 1.37. The molecule has 0 bridgehead atoms. The van der Waals surface area contributed by atoms with Gasteiger partial charge in [-0.05, 0) is 23.8 Å². The van der Waals surface area contributed by atoms with Crippen LogP contribution in [0.3, 0.4) is 0 Å². The smallest absolute Gasteiger partial charge is 0.277 e. The Morgan fingerprint density at radius 2 is 1.74 bits per heavy atom. The molecule has 136 valence electrons. The topological polar surface area (TPSA) is 87.1 Å². The summed E-state index contributed by atoms with van der Waals surface area (Å²) in [7, 11) is 1.62. The quantitative estimate of drug-likeness (QED) is 0.445. The molecule has 8 heteroatoms. The van der Waals surface area contributed by atoms with Crippen molar-refractivity contribution in [2.75, 3.05) is 7.11 Å². The molecule has 0 aliphatic heterocycles. The number of benzene rings is 2. The number of ether oxygens (including phenoxy) is 1. The molecule has 0 spiro atoms. The molecule has 0 fully saturated rings. The highest BCUT2D eigenvalue weighted by Gasteiger charge is 2.13. The Bertz CT molecular complexity index is 1020. The summed E-state index contributed by atoms with van der Waals surface area (Å²) in [6.45, 7) is 0. The molecule has 0 aliphatic carbocycles. The van der Waals surface area contributed by atoms with Gasteiger partial charge in [0.1, 0.15) is 5.75 Å². The van der Waals surface area contributed by atoms with Crippen molar-refractivity contribution in [3.05, 3.63) is 71.9 Å². The predicted octanol–water partition coefficient (Wildman–Crippen LogP) is 4.01. The van der Waals surface area contributed by atoms with Crippen molar-refractivity contribution in [3.8, 4) is 17.2 Å². The molecule has 4 aromatic rings. The fourth-order valence-electron chi connectivity index (χ4n) is 2.45. The molecule has 0 N–H and O–H groups in total. The van der Waals surface area contributed by atoms with Crippen molar-refractivity contribution >= 4 is 11.8 Å². The maximum atomic E-state index is 5.70. The first kappa shape index (κ1) is 17.3. The molecule has 0 saturated carbocycles. The predicted molar refractivity (Wildman–Crippen MR) is 99.4 cm³/mol. The van der Waals surface area contributed by atoms with E-state index in [-0.39, 0.29) is 0 Å². The minimum Gasteiger partial charge on any atom is -0.497 e. The normalized spacial score (nSPS) is 10.9. The van der Waals surface area contributed by atoms with Gasteiger partial charge in [0.05, 0.1) is 19.3 Å². The van der Waals surface area contributed by atoms with Gasteiger partial charge in [-0.25, -0.2) is 0 Å². The van der Waals surface area contributed by atoms with E-state index in [4.69, 9.17) is 13.6 Å². The van der Waals surface area contributed by atoms with Gasteiger partial charge in [0, 0.05) is 5.56 Å². The lowest BCUT2D eigenvalue weighted by atomic mass is 10.2. The number of nitrogens with zero attached hydrogens (tertiary/aromatic N) is 4. The van der Waals surface area contributed by atoms with E-state index in [1.54, 1.807) is 7.11 Å². The SMILES string of the molecule is COc1cccc(-c2nnc(CSc3nnc(Cc4ccccc4)o3)o2)c1. The Morgan fingerprint density at radius 3 is 2.59 bits per heavy atom. The lowest BCUT2D eigenvalue weighted by Crippen LogP contribution is -1.87. The third-order valence-electron chi connectivity index (χ3n) is 3.75.